The van der Waals surface area contributed by atoms with Gasteiger partial charge in [0.2, 0.25) is 0 Å². The molecule has 1 heterocycles. The van der Waals surface area contributed by atoms with E-state index < -0.39 is 0 Å². The average Bonchev–Trinajstić information content (AvgIpc) is 2.66. The fourth-order valence-electron chi connectivity index (χ4n) is 1.49. The molecule has 0 radical (unpaired) electrons. The molecule has 0 fully saturated rings. The van der Waals surface area contributed by atoms with E-state index in [2.05, 4.69) is 15.5 Å². The van der Waals surface area contributed by atoms with E-state index in [1.165, 1.54) is 0 Å². The Kier molecular flexibility index (Phi) is 3.12. The second-order valence-electron chi connectivity index (χ2n) is 3.47. The molecule has 0 aliphatic heterocycles. The molecule has 0 aliphatic rings. The summed E-state index contributed by atoms with van der Waals surface area (Å²) in [5, 5.41) is 11.8. The standard InChI is InChI=1S/C10H10Cl2N4/c1-6-4-3-5-8(12)9(6)16-10(7(2)11)13-14-15-16/h3-5,7H,1-2H3. The van der Waals surface area contributed by atoms with E-state index in [1.807, 2.05) is 26.0 Å². The highest BCUT2D eigenvalue weighted by atomic mass is 35.5. The van der Waals surface area contributed by atoms with Gasteiger partial charge in [-0.1, -0.05) is 23.7 Å². The largest absolute Gasteiger partial charge is 0.194 e. The number of rotatable bonds is 2. The van der Waals surface area contributed by atoms with Crippen molar-refractivity contribution in [1.29, 1.82) is 0 Å². The zero-order valence-electron chi connectivity index (χ0n) is 8.85. The maximum Gasteiger partial charge on any atom is 0.174 e. The highest BCUT2D eigenvalue weighted by molar-refractivity contribution is 6.32. The number of para-hydroxylation sites is 1. The van der Waals surface area contributed by atoms with E-state index in [1.54, 1.807) is 10.7 Å². The number of aromatic nitrogens is 4. The number of hydrogen-bond acceptors (Lipinski definition) is 3. The zero-order valence-corrected chi connectivity index (χ0v) is 10.4. The predicted molar refractivity (Wildman–Crippen MR) is 63.2 cm³/mol. The number of tetrazole rings is 1. The van der Waals surface area contributed by atoms with Crippen molar-refractivity contribution in [3.05, 3.63) is 34.6 Å². The fourth-order valence-corrected chi connectivity index (χ4v) is 1.93. The number of nitrogens with zero attached hydrogens (tertiary/aromatic N) is 4. The lowest BCUT2D eigenvalue weighted by Gasteiger charge is -2.10. The number of alkyl halides is 1. The molecule has 0 N–H and O–H groups in total. The number of aryl methyl sites for hydroxylation is 1. The van der Waals surface area contributed by atoms with E-state index in [4.69, 9.17) is 23.2 Å². The molecular weight excluding hydrogens is 247 g/mol. The monoisotopic (exact) mass is 256 g/mol. The highest BCUT2D eigenvalue weighted by Crippen LogP contribution is 2.26. The van der Waals surface area contributed by atoms with Gasteiger partial charge in [-0.15, -0.1) is 16.7 Å². The molecule has 0 saturated carbocycles. The smallest absolute Gasteiger partial charge is 0.174 e. The van der Waals surface area contributed by atoms with Gasteiger partial charge in [0.15, 0.2) is 5.82 Å². The van der Waals surface area contributed by atoms with Gasteiger partial charge in [-0.3, -0.25) is 0 Å². The van der Waals surface area contributed by atoms with Crippen LogP contribution in [0.1, 0.15) is 23.7 Å². The molecule has 0 saturated heterocycles. The zero-order chi connectivity index (χ0) is 11.7. The SMILES string of the molecule is Cc1cccc(Cl)c1-n1nnnc1C(C)Cl. The third-order valence-corrected chi connectivity index (χ3v) is 2.75. The van der Waals surface area contributed by atoms with Crippen LogP contribution in [0.5, 0.6) is 0 Å². The van der Waals surface area contributed by atoms with Gasteiger partial charge in [0, 0.05) is 0 Å². The van der Waals surface area contributed by atoms with Crippen LogP contribution in [0.25, 0.3) is 5.69 Å². The lowest BCUT2D eigenvalue weighted by molar-refractivity contribution is 0.757. The lowest BCUT2D eigenvalue weighted by atomic mass is 10.2. The maximum atomic E-state index is 6.14. The Balaban J connectivity index is 2.63. The number of benzene rings is 1. The minimum Gasteiger partial charge on any atom is -0.194 e. The quantitative estimate of drug-likeness (QED) is 0.777. The van der Waals surface area contributed by atoms with Crippen molar-refractivity contribution in [2.45, 2.75) is 19.2 Å². The Morgan fingerprint density at radius 2 is 2.12 bits per heavy atom. The van der Waals surface area contributed by atoms with Gasteiger partial charge in [-0.2, -0.15) is 4.68 Å². The first kappa shape index (κ1) is 11.4. The lowest BCUT2D eigenvalue weighted by Crippen LogP contribution is -2.06. The summed E-state index contributed by atoms with van der Waals surface area (Å²) < 4.78 is 1.58. The Hall–Kier alpha value is -1.13. The molecule has 6 heteroatoms. The van der Waals surface area contributed by atoms with Gasteiger partial charge in [0.05, 0.1) is 16.1 Å². The highest BCUT2D eigenvalue weighted by Gasteiger charge is 2.16. The third-order valence-electron chi connectivity index (χ3n) is 2.25. The Morgan fingerprint density at radius 1 is 1.38 bits per heavy atom. The van der Waals surface area contributed by atoms with E-state index in [0.29, 0.717) is 10.8 Å². The first-order chi connectivity index (χ1) is 7.61. The molecule has 0 spiro atoms. The van der Waals surface area contributed by atoms with Gasteiger partial charge >= 0.3 is 0 Å². The van der Waals surface area contributed by atoms with Gasteiger partial charge in [-0.25, -0.2) is 0 Å². The van der Waals surface area contributed by atoms with Crippen molar-refractivity contribution in [3.8, 4) is 5.69 Å². The van der Waals surface area contributed by atoms with Crippen molar-refractivity contribution in [1.82, 2.24) is 20.2 Å². The maximum absolute atomic E-state index is 6.14. The second-order valence-corrected chi connectivity index (χ2v) is 4.53. The topological polar surface area (TPSA) is 43.6 Å². The normalized spacial score (nSPS) is 12.8. The van der Waals surface area contributed by atoms with Crippen molar-refractivity contribution >= 4 is 23.2 Å². The molecular formula is C10H10Cl2N4. The average molecular weight is 257 g/mol. The minimum absolute atomic E-state index is 0.273. The van der Waals surface area contributed by atoms with Crippen LogP contribution in [0.15, 0.2) is 18.2 Å². The number of halogens is 2. The predicted octanol–water partition coefficient (Wildman–Crippen LogP) is 2.92. The summed E-state index contributed by atoms with van der Waals surface area (Å²) in [6.45, 7) is 3.77. The van der Waals surface area contributed by atoms with E-state index >= 15 is 0 Å². The summed E-state index contributed by atoms with van der Waals surface area (Å²) >= 11 is 12.1. The summed E-state index contributed by atoms with van der Waals surface area (Å²) in [4.78, 5) is 0. The molecule has 0 amide bonds. The molecule has 2 rings (SSSR count). The summed E-state index contributed by atoms with van der Waals surface area (Å²) in [5.41, 5.74) is 1.77. The van der Waals surface area contributed by atoms with Crippen LogP contribution < -0.4 is 0 Å². The van der Waals surface area contributed by atoms with Crippen LogP contribution in [-0.2, 0) is 0 Å². The van der Waals surface area contributed by atoms with Gasteiger partial charge in [-0.05, 0) is 35.9 Å². The second kappa shape index (κ2) is 4.39. The molecule has 0 bridgehead atoms. The summed E-state index contributed by atoms with van der Waals surface area (Å²) in [6.07, 6.45) is 0. The molecule has 84 valence electrons. The Morgan fingerprint density at radius 3 is 2.75 bits per heavy atom. The van der Waals surface area contributed by atoms with Crippen LogP contribution in [0.3, 0.4) is 0 Å². The molecule has 1 atom stereocenters. The van der Waals surface area contributed by atoms with Crippen LogP contribution in [-0.4, -0.2) is 20.2 Å². The first-order valence-corrected chi connectivity index (χ1v) is 5.60. The molecule has 4 nitrogen and oxygen atoms in total. The van der Waals surface area contributed by atoms with Crippen molar-refractivity contribution in [3.63, 3.8) is 0 Å². The molecule has 16 heavy (non-hydrogen) atoms. The molecule has 0 aliphatic carbocycles. The van der Waals surface area contributed by atoms with Crippen LogP contribution in [0.2, 0.25) is 5.02 Å². The van der Waals surface area contributed by atoms with Gasteiger partial charge in [0.1, 0.15) is 0 Å². The Bertz CT molecular complexity index is 487. The van der Waals surface area contributed by atoms with E-state index in [9.17, 15) is 0 Å². The molecule has 2 aromatic rings. The van der Waals surface area contributed by atoms with Crippen LogP contribution >= 0.6 is 23.2 Å². The Labute approximate surface area is 103 Å². The molecule has 1 aromatic heterocycles. The van der Waals surface area contributed by atoms with Crippen molar-refractivity contribution in [2.75, 3.05) is 0 Å². The fraction of sp³-hybridized carbons (Fsp3) is 0.300. The first-order valence-electron chi connectivity index (χ1n) is 4.79. The van der Waals surface area contributed by atoms with Crippen molar-refractivity contribution in [2.24, 2.45) is 0 Å². The molecule has 1 aromatic carbocycles. The van der Waals surface area contributed by atoms with Gasteiger partial charge < -0.3 is 0 Å². The van der Waals surface area contributed by atoms with Crippen LogP contribution in [0.4, 0.5) is 0 Å². The summed E-state index contributed by atoms with van der Waals surface area (Å²) in [6, 6.07) is 5.63. The summed E-state index contributed by atoms with van der Waals surface area (Å²) in [5.74, 6) is 0.581. The van der Waals surface area contributed by atoms with Crippen molar-refractivity contribution < 1.29 is 0 Å². The number of hydrogen-bond donors (Lipinski definition) is 0. The van der Waals surface area contributed by atoms with Crippen LogP contribution in [0, 0.1) is 6.92 Å². The van der Waals surface area contributed by atoms with E-state index in [0.717, 1.165) is 11.3 Å². The summed E-state index contributed by atoms with van der Waals surface area (Å²) in [7, 11) is 0. The van der Waals surface area contributed by atoms with Gasteiger partial charge in [0.25, 0.3) is 0 Å². The van der Waals surface area contributed by atoms with E-state index in [-0.39, 0.29) is 5.38 Å². The third kappa shape index (κ3) is 1.90. The molecule has 1 unspecified atom stereocenters. The minimum atomic E-state index is -0.273.